The number of carbonyl (C=O) groups excluding carboxylic acids is 2. The van der Waals surface area contributed by atoms with Gasteiger partial charge in [0.15, 0.2) is 0 Å². The van der Waals surface area contributed by atoms with E-state index < -0.39 is 18.1 Å². The smallest absolute Gasteiger partial charge is 0.407 e. The third kappa shape index (κ3) is 8.22. The summed E-state index contributed by atoms with van der Waals surface area (Å²) in [4.78, 5) is 23.1. The number of carbonyl (C=O) groups is 2. The van der Waals surface area contributed by atoms with Gasteiger partial charge in [-0.05, 0) is 31.8 Å². The van der Waals surface area contributed by atoms with Crippen molar-refractivity contribution in [1.82, 2.24) is 5.32 Å². The summed E-state index contributed by atoms with van der Waals surface area (Å²) < 4.78 is 9.87. The van der Waals surface area contributed by atoms with Crippen molar-refractivity contribution < 1.29 is 19.1 Å². The molecule has 0 saturated carbocycles. The molecule has 0 aromatic carbocycles. The summed E-state index contributed by atoms with van der Waals surface area (Å²) in [6.45, 7) is 4.44. The molecule has 1 N–H and O–H groups in total. The minimum atomic E-state index is -0.619. The Morgan fingerprint density at radius 1 is 1.28 bits per heavy atom. The summed E-state index contributed by atoms with van der Waals surface area (Å²) >= 11 is 1.61. The Balaban J connectivity index is 4.12. The van der Waals surface area contributed by atoms with Crippen LogP contribution < -0.4 is 5.32 Å². The normalized spacial score (nSPS) is 11.7. The molecule has 1 atom stereocenters. The first-order valence-electron chi connectivity index (χ1n) is 6.24. The second kappa shape index (κ2) is 11.2. The van der Waals surface area contributed by atoms with Gasteiger partial charge in [-0.1, -0.05) is 13.3 Å². The molecule has 1 amide bonds. The molecule has 0 saturated heterocycles. The van der Waals surface area contributed by atoms with E-state index >= 15 is 0 Å². The maximum atomic E-state index is 11.6. The summed E-state index contributed by atoms with van der Waals surface area (Å²) in [5, 5.41) is 2.55. The van der Waals surface area contributed by atoms with E-state index in [9.17, 15) is 9.59 Å². The molecular formula is C12H23NO4S. The number of esters is 1. The molecule has 0 aliphatic rings. The molecule has 0 aromatic rings. The molecule has 0 aromatic heterocycles. The van der Waals surface area contributed by atoms with Gasteiger partial charge in [0.2, 0.25) is 0 Å². The van der Waals surface area contributed by atoms with E-state index in [-0.39, 0.29) is 0 Å². The molecule has 5 nitrogen and oxygen atoms in total. The molecule has 0 bridgehead atoms. The lowest BCUT2D eigenvalue weighted by molar-refractivity contribution is -0.145. The molecule has 0 rings (SSSR count). The molecule has 0 spiro atoms. The molecule has 18 heavy (non-hydrogen) atoms. The highest BCUT2D eigenvalue weighted by Gasteiger charge is 2.22. The van der Waals surface area contributed by atoms with Crippen LogP contribution in [0.15, 0.2) is 0 Å². The second-order valence-electron chi connectivity index (χ2n) is 3.72. The van der Waals surface area contributed by atoms with Crippen LogP contribution in [0.5, 0.6) is 0 Å². The van der Waals surface area contributed by atoms with E-state index in [1.807, 2.05) is 13.2 Å². The van der Waals surface area contributed by atoms with Gasteiger partial charge < -0.3 is 14.8 Å². The first-order valence-corrected chi connectivity index (χ1v) is 7.63. The van der Waals surface area contributed by atoms with Gasteiger partial charge in [0, 0.05) is 0 Å². The Morgan fingerprint density at radius 2 is 2.00 bits per heavy atom. The van der Waals surface area contributed by atoms with Gasteiger partial charge in [-0.15, -0.1) is 0 Å². The minimum Gasteiger partial charge on any atom is -0.464 e. The standard InChI is InChI=1S/C12H23NO4S/c1-4-6-8-17-12(15)13-10(7-9-18-3)11(14)16-5-2/h10H,4-9H2,1-3H3,(H,13,15)/t10-/m0/s1. The lowest BCUT2D eigenvalue weighted by atomic mass is 10.2. The summed E-state index contributed by atoms with van der Waals surface area (Å²) in [5.74, 6) is 0.373. The fraction of sp³-hybridized carbons (Fsp3) is 0.833. The largest absolute Gasteiger partial charge is 0.464 e. The Labute approximate surface area is 113 Å². The van der Waals surface area contributed by atoms with Gasteiger partial charge in [0.1, 0.15) is 6.04 Å². The number of rotatable bonds is 9. The fourth-order valence-corrected chi connectivity index (χ4v) is 1.69. The van der Waals surface area contributed by atoms with E-state index in [2.05, 4.69) is 5.32 Å². The second-order valence-corrected chi connectivity index (χ2v) is 4.71. The van der Waals surface area contributed by atoms with Crippen LogP contribution >= 0.6 is 11.8 Å². The zero-order valence-electron chi connectivity index (χ0n) is 11.4. The van der Waals surface area contributed by atoms with Gasteiger partial charge in [-0.2, -0.15) is 11.8 Å². The van der Waals surface area contributed by atoms with Crippen LogP contribution in [-0.4, -0.2) is 43.3 Å². The van der Waals surface area contributed by atoms with Crippen LogP contribution in [0.4, 0.5) is 4.79 Å². The van der Waals surface area contributed by atoms with Crippen LogP contribution in [0.2, 0.25) is 0 Å². The highest BCUT2D eigenvalue weighted by Crippen LogP contribution is 2.03. The van der Waals surface area contributed by atoms with Crippen molar-refractivity contribution in [3.05, 3.63) is 0 Å². The van der Waals surface area contributed by atoms with Crippen molar-refractivity contribution in [2.75, 3.05) is 25.2 Å². The zero-order chi connectivity index (χ0) is 13.8. The van der Waals surface area contributed by atoms with Crippen LogP contribution in [0.3, 0.4) is 0 Å². The van der Waals surface area contributed by atoms with Gasteiger partial charge in [-0.3, -0.25) is 0 Å². The van der Waals surface area contributed by atoms with Gasteiger partial charge in [0.05, 0.1) is 13.2 Å². The predicted molar refractivity (Wildman–Crippen MR) is 72.8 cm³/mol. The quantitative estimate of drug-likeness (QED) is 0.517. The van der Waals surface area contributed by atoms with Crippen molar-refractivity contribution in [3.63, 3.8) is 0 Å². The number of hydrogen-bond donors (Lipinski definition) is 1. The molecular weight excluding hydrogens is 254 g/mol. The van der Waals surface area contributed by atoms with Crippen LogP contribution in [-0.2, 0) is 14.3 Å². The monoisotopic (exact) mass is 277 g/mol. The highest BCUT2D eigenvalue weighted by molar-refractivity contribution is 7.98. The van der Waals surface area contributed by atoms with E-state index in [0.717, 1.165) is 18.6 Å². The molecule has 6 heteroatoms. The Kier molecular flexibility index (Phi) is 10.6. The van der Waals surface area contributed by atoms with Crippen molar-refractivity contribution in [2.24, 2.45) is 0 Å². The number of amides is 1. The van der Waals surface area contributed by atoms with Crippen molar-refractivity contribution >= 4 is 23.8 Å². The third-order valence-electron chi connectivity index (χ3n) is 2.20. The summed E-state index contributed by atoms with van der Waals surface area (Å²) in [7, 11) is 0. The summed E-state index contributed by atoms with van der Waals surface area (Å²) in [6, 6.07) is -0.619. The average Bonchev–Trinajstić information content (AvgIpc) is 2.35. The maximum absolute atomic E-state index is 11.6. The molecule has 0 aliphatic carbocycles. The molecule has 0 unspecified atom stereocenters. The minimum absolute atomic E-state index is 0.307. The van der Waals surface area contributed by atoms with E-state index in [1.165, 1.54) is 0 Å². The van der Waals surface area contributed by atoms with E-state index in [1.54, 1.807) is 18.7 Å². The number of thioether (sulfide) groups is 1. The molecule has 106 valence electrons. The molecule has 0 radical (unpaired) electrons. The Bertz CT molecular complexity index is 248. The maximum Gasteiger partial charge on any atom is 0.407 e. The van der Waals surface area contributed by atoms with E-state index in [0.29, 0.717) is 19.6 Å². The van der Waals surface area contributed by atoms with Crippen molar-refractivity contribution in [3.8, 4) is 0 Å². The zero-order valence-corrected chi connectivity index (χ0v) is 12.2. The van der Waals surface area contributed by atoms with E-state index in [4.69, 9.17) is 9.47 Å². The topological polar surface area (TPSA) is 64.6 Å². The summed E-state index contributed by atoms with van der Waals surface area (Å²) in [6.07, 6.45) is 3.72. The van der Waals surface area contributed by atoms with Crippen LogP contribution in [0, 0.1) is 0 Å². The first-order chi connectivity index (χ1) is 8.65. The van der Waals surface area contributed by atoms with Gasteiger partial charge >= 0.3 is 12.1 Å². The lowest BCUT2D eigenvalue weighted by Crippen LogP contribution is -2.42. The first kappa shape index (κ1) is 17.1. The number of unbranched alkanes of at least 4 members (excludes halogenated alkanes) is 1. The van der Waals surface area contributed by atoms with Gasteiger partial charge in [0.25, 0.3) is 0 Å². The average molecular weight is 277 g/mol. The summed E-state index contributed by atoms with van der Waals surface area (Å²) in [5.41, 5.74) is 0. The van der Waals surface area contributed by atoms with Crippen LogP contribution in [0.1, 0.15) is 33.1 Å². The molecule has 0 aliphatic heterocycles. The molecule has 0 fully saturated rings. The predicted octanol–water partition coefficient (Wildman–Crippen LogP) is 2.20. The van der Waals surface area contributed by atoms with Crippen molar-refractivity contribution in [1.29, 1.82) is 0 Å². The molecule has 0 heterocycles. The van der Waals surface area contributed by atoms with Crippen LogP contribution in [0.25, 0.3) is 0 Å². The van der Waals surface area contributed by atoms with Gasteiger partial charge in [-0.25, -0.2) is 9.59 Å². The third-order valence-corrected chi connectivity index (χ3v) is 2.85. The number of ether oxygens (including phenoxy) is 2. The fourth-order valence-electron chi connectivity index (χ4n) is 1.22. The SMILES string of the molecule is CCCCOC(=O)N[C@@H](CCSC)C(=O)OCC. The number of nitrogens with one attached hydrogen (secondary N) is 1. The Morgan fingerprint density at radius 3 is 2.56 bits per heavy atom. The number of alkyl carbamates (subject to hydrolysis) is 1. The Hall–Kier alpha value is -0.910. The number of hydrogen-bond acceptors (Lipinski definition) is 5. The van der Waals surface area contributed by atoms with Crippen molar-refractivity contribution in [2.45, 2.75) is 39.2 Å². The highest BCUT2D eigenvalue weighted by atomic mass is 32.2. The lowest BCUT2D eigenvalue weighted by Gasteiger charge is -2.16.